The van der Waals surface area contributed by atoms with Crippen LogP contribution < -0.4 is 0 Å². The summed E-state index contributed by atoms with van der Waals surface area (Å²) in [5.74, 6) is 1.01. The van der Waals surface area contributed by atoms with E-state index in [0.29, 0.717) is 6.54 Å². The van der Waals surface area contributed by atoms with E-state index in [1.54, 1.807) is 6.20 Å². The van der Waals surface area contributed by atoms with Crippen molar-refractivity contribution in [3.63, 3.8) is 0 Å². The number of hydrogen-bond donors (Lipinski definition) is 0. The molecule has 3 aromatic rings. The van der Waals surface area contributed by atoms with Crippen molar-refractivity contribution in [3.05, 3.63) is 36.3 Å². The number of nitrogens with zero attached hydrogens (tertiary/aromatic N) is 3. The summed E-state index contributed by atoms with van der Waals surface area (Å²) in [5, 5.41) is 1.01. The fourth-order valence-corrected chi connectivity index (χ4v) is 3.09. The summed E-state index contributed by atoms with van der Waals surface area (Å²) in [6, 6.07) is 7.86. The van der Waals surface area contributed by atoms with Gasteiger partial charge in [-0.1, -0.05) is 25.1 Å². The number of aryl methyl sites for hydroxylation is 2. The molecule has 0 unspecified atom stereocenters. The largest absolute Gasteiger partial charge is 0.326 e. The van der Waals surface area contributed by atoms with Crippen molar-refractivity contribution in [1.82, 2.24) is 14.5 Å². The summed E-state index contributed by atoms with van der Waals surface area (Å²) < 4.78 is 25.0. The average Bonchev–Trinajstić information content (AvgIpc) is 2.82. The second kappa shape index (κ2) is 5.11. The van der Waals surface area contributed by atoms with Crippen LogP contribution in [-0.2, 0) is 22.8 Å². The Morgan fingerprint density at radius 2 is 1.95 bits per heavy atom. The summed E-state index contributed by atoms with van der Waals surface area (Å²) >= 11 is 0. The van der Waals surface area contributed by atoms with Crippen LogP contribution in [0.2, 0.25) is 0 Å². The molecule has 2 aromatic heterocycles. The van der Waals surface area contributed by atoms with E-state index in [2.05, 4.69) is 9.97 Å². The van der Waals surface area contributed by atoms with Gasteiger partial charge in [-0.25, -0.2) is 13.4 Å². The van der Waals surface area contributed by atoms with Gasteiger partial charge in [0.1, 0.15) is 21.2 Å². The molecule has 2 heterocycles. The Kier molecular flexibility index (Phi) is 3.41. The number of benzene rings is 1. The Balaban J connectivity index is 2.26. The molecule has 0 aliphatic carbocycles. The van der Waals surface area contributed by atoms with Crippen LogP contribution in [0.3, 0.4) is 0 Å². The van der Waals surface area contributed by atoms with Gasteiger partial charge in [0.25, 0.3) is 0 Å². The van der Waals surface area contributed by atoms with E-state index < -0.39 is 9.84 Å². The minimum Gasteiger partial charge on any atom is -0.326 e. The predicted molar refractivity (Wildman–Crippen MR) is 84.1 cm³/mol. The minimum atomic E-state index is -3.01. The lowest BCUT2D eigenvalue weighted by atomic mass is 10.2. The molecule has 0 aliphatic rings. The summed E-state index contributed by atoms with van der Waals surface area (Å²) in [6.45, 7) is 2.44. The third-order valence-corrected chi connectivity index (χ3v) is 4.48. The number of para-hydroxylation sites is 1. The van der Waals surface area contributed by atoms with Crippen LogP contribution in [0.15, 0.2) is 30.5 Å². The highest BCUT2D eigenvalue weighted by atomic mass is 32.2. The predicted octanol–water partition coefficient (Wildman–Crippen LogP) is 2.19. The van der Waals surface area contributed by atoms with E-state index in [4.69, 9.17) is 0 Å². The van der Waals surface area contributed by atoms with Crippen LogP contribution in [0.1, 0.15) is 12.7 Å². The monoisotopic (exact) mass is 303 g/mol. The topological polar surface area (TPSA) is 64.8 Å². The van der Waals surface area contributed by atoms with Gasteiger partial charge in [0.2, 0.25) is 0 Å². The van der Waals surface area contributed by atoms with Gasteiger partial charge in [-0.2, -0.15) is 0 Å². The van der Waals surface area contributed by atoms with Crippen LogP contribution in [0, 0.1) is 0 Å². The lowest BCUT2D eigenvalue weighted by molar-refractivity contribution is 0.594. The van der Waals surface area contributed by atoms with Crippen molar-refractivity contribution in [2.45, 2.75) is 19.9 Å². The molecule has 1 aromatic carbocycles. The van der Waals surface area contributed by atoms with Gasteiger partial charge in [0, 0.05) is 24.6 Å². The van der Waals surface area contributed by atoms with Crippen molar-refractivity contribution in [2.24, 2.45) is 0 Å². The van der Waals surface area contributed by atoms with E-state index in [9.17, 15) is 8.42 Å². The second-order valence-electron chi connectivity index (χ2n) is 5.17. The molecular weight excluding hydrogens is 286 g/mol. The van der Waals surface area contributed by atoms with E-state index in [0.717, 1.165) is 34.2 Å². The number of fused-ring (bicyclic) bond motifs is 3. The highest BCUT2D eigenvalue weighted by Gasteiger charge is 2.14. The summed E-state index contributed by atoms with van der Waals surface area (Å²) in [7, 11) is -3.01. The van der Waals surface area contributed by atoms with E-state index in [-0.39, 0.29) is 5.75 Å². The first-order valence-electron chi connectivity index (χ1n) is 6.90. The molecule has 3 rings (SSSR count). The molecule has 0 N–H and O–H groups in total. The molecule has 0 saturated carbocycles. The van der Waals surface area contributed by atoms with Gasteiger partial charge >= 0.3 is 0 Å². The van der Waals surface area contributed by atoms with Gasteiger partial charge in [-0.3, -0.25) is 4.98 Å². The van der Waals surface area contributed by atoms with Crippen LogP contribution in [0.25, 0.3) is 21.9 Å². The van der Waals surface area contributed by atoms with E-state index in [1.165, 1.54) is 6.26 Å². The molecular formula is C15H17N3O2S. The van der Waals surface area contributed by atoms with Gasteiger partial charge < -0.3 is 4.57 Å². The fourth-order valence-electron chi connectivity index (χ4n) is 2.58. The molecule has 6 heteroatoms. The number of aromatic nitrogens is 3. The first-order chi connectivity index (χ1) is 9.99. The Bertz CT molecular complexity index is 913. The first-order valence-corrected chi connectivity index (χ1v) is 8.96. The molecule has 110 valence electrons. The van der Waals surface area contributed by atoms with Gasteiger partial charge in [-0.05, 0) is 6.07 Å². The van der Waals surface area contributed by atoms with Gasteiger partial charge in [0.15, 0.2) is 0 Å². The third kappa shape index (κ3) is 2.63. The number of imidazole rings is 1. The zero-order chi connectivity index (χ0) is 15.0. The zero-order valence-electron chi connectivity index (χ0n) is 12.1. The summed E-state index contributed by atoms with van der Waals surface area (Å²) in [5.41, 5.74) is 2.69. The quantitative estimate of drug-likeness (QED) is 0.741. The molecule has 0 bridgehead atoms. The Morgan fingerprint density at radius 1 is 1.19 bits per heavy atom. The van der Waals surface area contributed by atoms with E-state index >= 15 is 0 Å². The number of sulfone groups is 1. The molecule has 0 atom stereocenters. The molecule has 0 fully saturated rings. The SMILES string of the molecule is CCc1nc2cnc3ccccc3c2n1CCS(C)(=O)=O. The van der Waals surface area contributed by atoms with Crippen LogP contribution in [0.4, 0.5) is 0 Å². The maximum Gasteiger partial charge on any atom is 0.149 e. The number of rotatable bonds is 4. The first kappa shape index (κ1) is 14.0. The van der Waals surface area contributed by atoms with Gasteiger partial charge in [0.05, 0.1) is 23.0 Å². The summed E-state index contributed by atoms with van der Waals surface area (Å²) in [4.78, 5) is 9.00. The minimum absolute atomic E-state index is 0.113. The standard InChI is InChI=1S/C15H17N3O2S/c1-3-14-17-13-10-16-12-7-5-4-6-11(12)15(13)18(14)8-9-21(2,19)20/h4-7,10H,3,8-9H2,1-2H3. The highest BCUT2D eigenvalue weighted by molar-refractivity contribution is 7.90. The van der Waals surface area contributed by atoms with Crippen LogP contribution in [0.5, 0.6) is 0 Å². The van der Waals surface area contributed by atoms with Crippen LogP contribution >= 0.6 is 0 Å². The molecule has 0 aliphatic heterocycles. The Labute approximate surface area is 123 Å². The lowest BCUT2D eigenvalue weighted by Gasteiger charge is -2.08. The smallest absolute Gasteiger partial charge is 0.149 e. The van der Waals surface area contributed by atoms with Crippen LogP contribution in [-0.4, -0.2) is 35.0 Å². The molecule has 0 spiro atoms. The molecule has 21 heavy (non-hydrogen) atoms. The Morgan fingerprint density at radius 3 is 2.67 bits per heavy atom. The second-order valence-corrected chi connectivity index (χ2v) is 7.43. The van der Waals surface area contributed by atoms with Crippen molar-refractivity contribution in [2.75, 3.05) is 12.0 Å². The molecule has 0 saturated heterocycles. The number of pyridine rings is 1. The summed E-state index contributed by atoms with van der Waals surface area (Å²) in [6.07, 6.45) is 3.78. The molecule has 0 amide bonds. The maximum absolute atomic E-state index is 11.5. The molecule has 5 nitrogen and oxygen atoms in total. The van der Waals surface area contributed by atoms with Crippen molar-refractivity contribution < 1.29 is 8.42 Å². The van der Waals surface area contributed by atoms with Crippen molar-refractivity contribution in [3.8, 4) is 0 Å². The zero-order valence-corrected chi connectivity index (χ0v) is 12.9. The van der Waals surface area contributed by atoms with Crippen molar-refractivity contribution in [1.29, 1.82) is 0 Å². The maximum atomic E-state index is 11.5. The highest BCUT2D eigenvalue weighted by Crippen LogP contribution is 2.24. The van der Waals surface area contributed by atoms with Crippen molar-refractivity contribution >= 4 is 31.8 Å². The average molecular weight is 303 g/mol. The third-order valence-electron chi connectivity index (χ3n) is 3.56. The lowest BCUT2D eigenvalue weighted by Crippen LogP contribution is -2.13. The number of hydrogen-bond acceptors (Lipinski definition) is 4. The normalized spacial score (nSPS) is 12.3. The van der Waals surface area contributed by atoms with E-state index in [1.807, 2.05) is 35.8 Å². The molecule has 0 radical (unpaired) electrons. The fraction of sp³-hybridized carbons (Fsp3) is 0.333. The Hall–Kier alpha value is -1.95. The van der Waals surface area contributed by atoms with Gasteiger partial charge in [-0.15, -0.1) is 0 Å².